The average Bonchev–Trinajstić information content (AvgIpc) is 2.88. The monoisotopic (exact) mass is 287 g/mol. The summed E-state index contributed by atoms with van der Waals surface area (Å²) in [7, 11) is 0. The van der Waals surface area contributed by atoms with Gasteiger partial charge in [0.2, 0.25) is 11.8 Å². The van der Waals surface area contributed by atoms with Crippen LogP contribution in [-0.4, -0.2) is 28.1 Å². The van der Waals surface area contributed by atoms with Crippen molar-refractivity contribution in [2.45, 2.75) is 33.1 Å². The Morgan fingerprint density at radius 1 is 1.24 bits per heavy atom. The van der Waals surface area contributed by atoms with E-state index in [1.165, 1.54) is 4.68 Å². The third-order valence-corrected chi connectivity index (χ3v) is 3.32. The summed E-state index contributed by atoms with van der Waals surface area (Å²) in [6.07, 6.45) is 2.98. The van der Waals surface area contributed by atoms with Crippen LogP contribution in [0.1, 0.15) is 37.9 Å². The van der Waals surface area contributed by atoms with Crippen LogP contribution in [0.4, 0.5) is 0 Å². The van der Waals surface area contributed by atoms with Gasteiger partial charge >= 0.3 is 0 Å². The highest BCUT2D eigenvalue weighted by Gasteiger charge is 2.12. The first-order valence-corrected chi connectivity index (χ1v) is 7.30. The van der Waals surface area contributed by atoms with Crippen LogP contribution < -0.4 is 5.32 Å². The molecule has 5 nitrogen and oxygen atoms in total. The van der Waals surface area contributed by atoms with E-state index < -0.39 is 0 Å². The molecule has 1 N–H and O–H groups in total. The van der Waals surface area contributed by atoms with Gasteiger partial charge in [0.1, 0.15) is 0 Å². The van der Waals surface area contributed by atoms with Crippen LogP contribution in [0.25, 0.3) is 10.9 Å². The molecule has 1 heterocycles. The van der Waals surface area contributed by atoms with Gasteiger partial charge in [0.05, 0.1) is 11.7 Å². The standard InChI is InChI=1S/C16H21N3O2/c1-12(2)9-10-17-15(20)7-8-16(21)19-14-6-4-3-5-13(14)11-18-19/h3-6,11-12H,7-10H2,1-2H3,(H,17,20). The van der Waals surface area contributed by atoms with Crippen molar-refractivity contribution in [1.82, 2.24) is 15.1 Å². The molecule has 0 fully saturated rings. The van der Waals surface area contributed by atoms with Gasteiger partial charge in [0.15, 0.2) is 0 Å². The van der Waals surface area contributed by atoms with Crippen molar-refractivity contribution >= 4 is 22.7 Å². The molecule has 21 heavy (non-hydrogen) atoms. The summed E-state index contributed by atoms with van der Waals surface area (Å²) in [4.78, 5) is 23.8. The van der Waals surface area contributed by atoms with Gasteiger partial charge in [-0.1, -0.05) is 32.0 Å². The Labute approximate surface area is 124 Å². The van der Waals surface area contributed by atoms with Gasteiger partial charge in [-0.15, -0.1) is 0 Å². The van der Waals surface area contributed by atoms with Gasteiger partial charge in [-0.2, -0.15) is 5.10 Å². The van der Waals surface area contributed by atoms with Gasteiger partial charge < -0.3 is 5.32 Å². The number of para-hydroxylation sites is 1. The normalized spacial score (nSPS) is 11.0. The predicted molar refractivity (Wildman–Crippen MR) is 82.1 cm³/mol. The molecule has 1 aromatic heterocycles. The molecule has 0 aliphatic carbocycles. The van der Waals surface area contributed by atoms with Crippen LogP contribution in [0, 0.1) is 5.92 Å². The van der Waals surface area contributed by atoms with Crippen LogP contribution in [0.2, 0.25) is 0 Å². The summed E-state index contributed by atoms with van der Waals surface area (Å²) in [5.74, 6) is 0.318. The quantitative estimate of drug-likeness (QED) is 0.888. The number of amides is 1. The lowest BCUT2D eigenvalue weighted by molar-refractivity contribution is -0.121. The third-order valence-electron chi connectivity index (χ3n) is 3.32. The van der Waals surface area contributed by atoms with E-state index in [1.54, 1.807) is 6.20 Å². The summed E-state index contributed by atoms with van der Waals surface area (Å²) >= 11 is 0. The fourth-order valence-corrected chi connectivity index (χ4v) is 2.09. The number of nitrogens with one attached hydrogen (secondary N) is 1. The molecule has 112 valence electrons. The van der Waals surface area contributed by atoms with Crippen molar-refractivity contribution in [3.8, 4) is 0 Å². The van der Waals surface area contributed by atoms with E-state index in [0.29, 0.717) is 12.5 Å². The van der Waals surface area contributed by atoms with E-state index in [9.17, 15) is 9.59 Å². The summed E-state index contributed by atoms with van der Waals surface area (Å²) < 4.78 is 1.37. The zero-order valence-electron chi connectivity index (χ0n) is 12.5. The van der Waals surface area contributed by atoms with Crippen LogP contribution >= 0.6 is 0 Å². The van der Waals surface area contributed by atoms with Crippen molar-refractivity contribution in [3.05, 3.63) is 30.5 Å². The highest BCUT2D eigenvalue weighted by atomic mass is 16.2. The highest BCUT2D eigenvalue weighted by Crippen LogP contribution is 2.13. The molecule has 1 aromatic carbocycles. The second-order valence-corrected chi connectivity index (χ2v) is 5.54. The summed E-state index contributed by atoms with van der Waals surface area (Å²) in [5.41, 5.74) is 0.780. The number of fused-ring (bicyclic) bond motifs is 1. The topological polar surface area (TPSA) is 64.0 Å². The molecule has 0 saturated heterocycles. The molecule has 0 saturated carbocycles. The lowest BCUT2D eigenvalue weighted by atomic mass is 10.1. The Bertz CT molecular complexity index is 631. The average molecular weight is 287 g/mol. The SMILES string of the molecule is CC(C)CCNC(=O)CCC(=O)n1ncc2ccccc21. The number of aromatic nitrogens is 2. The molecular formula is C16H21N3O2. The summed E-state index contributed by atoms with van der Waals surface area (Å²) in [5, 5.41) is 7.85. The zero-order chi connectivity index (χ0) is 15.2. The minimum Gasteiger partial charge on any atom is -0.356 e. The first kappa shape index (κ1) is 15.2. The Morgan fingerprint density at radius 3 is 2.76 bits per heavy atom. The van der Waals surface area contributed by atoms with Crippen molar-refractivity contribution in [3.63, 3.8) is 0 Å². The number of carbonyl (C=O) groups excluding carboxylic acids is 2. The maximum atomic E-state index is 12.1. The van der Waals surface area contributed by atoms with Gasteiger partial charge in [-0.25, -0.2) is 4.68 Å². The van der Waals surface area contributed by atoms with E-state index >= 15 is 0 Å². The molecule has 0 unspecified atom stereocenters. The van der Waals surface area contributed by atoms with E-state index in [2.05, 4.69) is 24.3 Å². The second-order valence-electron chi connectivity index (χ2n) is 5.54. The molecular weight excluding hydrogens is 266 g/mol. The van der Waals surface area contributed by atoms with E-state index in [0.717, 1.165) is 17.3 Å². The number of hydrogen-bond acceptors (Lipinski definition) is 3. The molecule has 2 aromatic rings. The third kappa shape index (κ3) is 4.15. The molecule has 0 aliphatic rings. The predicted octanol–water partition coefficient (Wildman–Crippen LogP) is 2.62. The maximum absolute atomic E-state index is 12.1. The zero-order valence-corrected chi connectivity index (χ0v) is 12.5. The number of benzene rings is 1. The lowest BCUT2D eigenvalue weighted by Gasteiger charge is -2.07. The van der Waals surface area contributed by atoms with Gasteiger partial charge in [0.25, 0.3) is 0 Å². The van der Waals surface area contributed by atoms with Gasteiger partial charge in [-0.3, -0.25) is 9.59 Å². The molecule has 0 bridgehead atoms. The molecule has 2 rings (SSSR count). The summed E-state index contributed by atoms with van der Waals surface area (Å²) in [6, 6.07) is 7.53. The largest absolute Gasteiger partial charge is 0.356 e. The first-order chi connectivity index (χ1) is 10.1. The molecule has 0 atom stereocenters. The molecule has 0 aliphatic heterocycles. The van der Waals surface area contributed by atoms with Crippen molar-refractivity contribution < 1.29 is 9.59 Å². The van der Waals surface area contributed by atoms with E-state index in [4.69, 9.17) is 0 Å². The van der Waals surface area contributed by atoms with Crippen molar-refractivity contribution in [2.75, 3.05) is 6.54 Å². The van der Waals surface area contributed by atoms with Gasteiger partial charge in [0, 0.05) is 24.8 Å². The first-order valence-electron chi connectivity index (χ1n) is 7.30. The number of hydrogen-bond donors (Lipinski definition) is 1. The minimum absolute atomic E-state index is 0.0829. The summed E-state index contributed by atoms with van der Waals surface area (Å²) in [6.45, 7) is 4.88. The molecule has 0 spiro atoms. The molecule has 1 amide bonds. The maximum Gasteiger partial charge on any atom is 0.247 e. The number of nitrogens with zero attached hydrogens (tertiary/aromatic N) is 2. The Morgan fingerprint density at radius 2 is 2.00 bits per heavy atom. The Balaban J connectivity index is 1.86. The van der Waals surface area contributed by atoms with Crippen LogP contribution in [0.5, 0.6) is 0 Å². The fourth-order valence-electron chi connectivity index (χ4n) is 2.09. The molecule has 5 heteroatoms. The van der Waals surface area contributed by atoms with Crippen LogP contribution in [0.15, 0.2) is 30.5 Å². The van der Waals surface area contributed by atoms with E-state index in [-0.39, 0.29) is 24.7 Å². The number of carbonyl (C=O) groups is 2. The lowest BCUT2D eigenvalue weighted by Crippen LogP contribution is -2.26. The molecule has 0 radical (unpaired) electrons. The van der Waals surface area contributed by atoms with Crippen LogP contribution in [0.3, 0.4) is 0 Å². The Kier molecular flexibility index (Phi) is 5.09. The highest BCUT2D eigenvalue weighted by molar-refractivity contribution is 5.92. The van der Waals surface area contributed by atoms with Crippen molar-refractivity contribution in [2.24, 2.45) is 5.92 Å². The van der Waals surface area contributed by atoms with Crippen LogP contribution in [-0.2, 0) is 4.79 Å². The smallest absolute Gasteiger partial charge is 0.247 e. The fraction of sp³-hybridized carbons (Fsp3) is 0.438. The number of rotatable bonds is 6. The minimum atomic E-state index is -0.157. The van der Waals surface area contributed by atoms with Gasteiger partial charge in [-0.05, 0) is 18.4 Å². The Hall–Kier alpha value is -2.17. The van der Waals surface area contributed by atoms with Crippen molar-refractivity contribution in [1.29, 1.82) is 0 Å². The van der Waals surface area contributed by atoms with E-state index in [1.807, 2.05) is 24.3 Å². The second kappa shape index (κ2) is 7.02.